The van der Waals surface area contributed by atoms with Gasteiger partial charge >= 0.3 is 23.9 Å². The summed E-state index contributed by atoms with van der Waals surface area (Å²) in [7, 11) is 1.90. The number of carbonyl (C=O) groups excluding carboxylic acids is 8. The minimum atomic E-state index is -1.85. The molecule has 2 fully saturated rings. The number of phenolic OH excluding ortho intramolecular Hbond substituents is 1. The van der Waals surface area contributed by atoms with Gasteiger partial charge in [-0.2, -0.15) is 0 Å². The van der Waals surface area contributed by atoms with Gasteiger partial charge in [0.15, 0.2) is 23.4 Å². The highest BCUT2D eigenvalue weighted by atomic mass is 33.1. The number of anilines is 1. The first-order valence-electron chi connectivity index (χ1n) is 33.5. The van der Waals surface area contributed by atoms with Crippen LogP contribution in [-0.4, -0.2) is 272 Å². The Morgan fingerprint density at radius 2 is 1.15 bits per heavy atom. The third-order valence-corrected chi connectivity index (χ3v) is 20.4. The Morgan fingerprint density at radius 3 is 1.71 bits per heavy atom. The van der Waals surface area contributed by atoms with Gasteiger partial charge in [-0.25, -0.2) is 4.79 Å². The molecule has 2 saturated heterocycles. The quantitative estimate of drug-likeness (QED) is 0.0346. The maximum absolute atomic E-state index is 15.4. The van der Waals surface area contributed by atoms with Crippen molar-refractivity contribution in [3.63, 3.8) is 0 Å². The molecule has 5 amide bonds. The van der Waals surface area contributed by atoms with E-state index in [0.29, 0.717) is 30.5 Å². The summed E-state index contributed by atoms with van der Waals surface area (Å²) in [4.78, 5) is 173. The Labute approximate surface area is 588 Å². The Hall–Kier alpha value is -8.08. The fourth-order valence-electron chi connectivity index (χ4n) is 12.2. The Bertz CT molecular complexity index is 3250. The summed E-state index contributed by atoms with van der Waals surface area (Å²) < 4.78 is 0. The Kier molecular flexibility index (Phi) is 33.2. The number of hydrogen-bond acceptors (Lipinski definition) is 23. The number of carboxylic acids is 4. The van der Waals surface area contributed by atoms with E-state index < -0.39 is 163 Å². The van der Waals surface area contributed by atoms with Crippen molar-refractivity contribution in [2.24, 2.45) is 23.5 Å². The minimum Gasteiger partial charge on any atom is -0.508 e. The molecule has 3 aromatic rings. The number of hydrogen-bond donors (Lipinski definition) is 14. The molecule has 3 aromatic carbocycles. The second kappa shape index (κ2) is 41.0. The number of benzene rings is 3. The van der Waals surface area contributed by atoms with E-state index >= 15 is 19.2 Å². The van der Waals surface area contributed by atoms with Gasteiger partial charge in [0.25, 0.3) is 0 Å². The lowest BCUT2D eigenvalue weighted by atomic mass is 9.84. The molecule has 0 aliphatic carbocycles. The number of nitrogens with zero attached hydrogens (tertiary/aromatic N) is 4. The van der Waals surface area contributed by atoms with Crippen LogP contribution in [0.1, 0.15) is 81.4 Å². The number of aromatic hydroxyl groups is 1. The van der Waals surface area contributed by atoms with Crippen LogP contribution in [0.15, 0.2) is 78.9 Å². The van der Waals surface area contributed by atoms with Gasteiger partial charge in [0, 0.05) is 107 Å². The molecule has 32 heteroatoms. The van der Waals surface area contributed by atoms with E-state index in [1.807, 2.05) is 24.3 Å². The first kappa shape index (κ1) is 80.9. The number of nitrogens with two attached hydrogens (primary N) is 1. The Morgan fingerprint density at radius 1 is 0.600 bits per heavy atom. The van der Waals surface area contributed by atoms with Gasteiger partial charge in [0.2, 0.25) is 29.5 Å². The van der Waals surface area contributed by atoms with E-state index in [-0.39, 0.29) is 121 Å². The zero-order valence-electron chi connectivity index (χ0n) is 56.2. The summed E-state index contributed by atoms with van der Waals surface area (Å²) in [5, 5.41) is 87.9. The lowest BCUT2D eigenvalue weighted by Crippen LogP contribution is -2.56. The van der Waals surface area contributed by atoms with Crippen molar-refractivity contribution in [3.8, 4) is 5.75 Å². The van der Waals surface area contributed by atoms with E-state index in [1.54, 1.807) is 49.9 Å². The fraction of sp³-hybridized carbons (Fsp3) is 0.559. The minimum absolute atomic E-state index is 0.0180. The molecule has 3 aliphatic rings. The van der Waals surface area contributed by atoms with Gasteiger partial charge < -0.3 is 73.4 Å². The average Bonchev–Trinajstić information content (AvgIpc) is 1.59. The van der Waals surface area contributed by atoms with Gasteiger partial charge in [-0.1, -0.05) is 82.3 Å². The number of aliphatic hydroxyl groups excluding tert-OH is 2. The van der Waals surface area contributed by atoms with Crippen LogP contribution >= 0.6 is 21.6 Å². The number of para-hydroxylation sites is 1. The van der Waals surface area contributed by atoms with Crippen LogP contribution in [0, 0.1) is 17.8 Å². The fourth-order valence-corrected chi connectivity index (χ4v) is 14.8. The van der Waals surface area contributed by atoms with Gasteiger partial charge in [-0.15, -0.1) is 0 Å². The van der Waals surface area contributed by atoms with Gasteiger partial charge in [-0.05, 0) is 93.8 Å². The standard InChI is InChI=1S/C68H95N11O19S2/c1-41(80)62-57(85)33-48(66(95)75-63(42(2)81)68(97)98)40-100-99-39-47(32-56(84)53(28-43-10-4-3-5-11-43)71-58(86)35-76-20-22-77(36-59(87)88)24-26-79(38-61(91)92)27-25-78(23-21-76)37-60(89)90)65(94)73-54(29-44-15-17-49(82)18-16-44)55(83)31-45(30-46-34-70-51-13-7-6-12-50(46)51)64(93)72-52(67(96)74-62)14-8-9-19-69/h3-7,10-13,15-18,41-42,45-48,52-54,62-63,70,80-82H,8-9,14,19-40,69H2,1-2H3,(H,71,86)(H,72,93)(H,73,94)(H,74,96)(H,75,95)(H,87,88)(H,89,90)(H,91,92)(H,97,98)/t41-,42-,45?,46?,47?,48?,52+,53?,54+,62?,63?/m1/s1. The number of unbranched alkanes of at least 4 members (excludes halogenated alkanes) is 1. The largest absolute Gasteiger partial charge is 0.508 e. The maximum atomic E-state index is 15.4. The van der Waals surface area contributed by atoms with Crippen LogP contribution in [0.25, 0.3) is 0 Å². The van der Waals surface area contributed by atoms with Crippen LogP contribution in [0.4, 0.5) is 5.69 Å². The predicted molar refractivity (Wildman–Crippen MR) is 371 cm³/mol. The molecule has 100 heavy (non-hydrogen) atoms. The number of carbonyl (C=O) groups is 12. The molecule has 0 saturated carbocycles. The number of nitrogens with one attached hydrogen (secondary N) is 6. The molecule has 6 rings (SSSR count). The number of ketones is 3. The molecular formula is C68H95N11O19S2. The summed E-state index contributed by atoms with van der Waals surface area (Å²) in [5.74, 6) is -16.4. The van der Waals surface area contributed by atoms with Crippen molar-refractivity contribution in [1.82, 2.24) is 46.2 Å². The van der Waals surface area contributed by atoms with Crippen LogP contribution in [-0.2, 0) is 70.4 Å². The van der Waals surface area contributed by atoms with Crippen molar-refractivity contribution in [2.45, 2.75) is 120 Å². The highest BCUT2D eigenvalue weighted by Gasteiger charge is 2.39. The van der Waals surface area contributed by atoms with Crippen LogP contribution in [0.3, 0.4) is 0 Å². The zero-order chi connectivity index (χ0) is 73.0. The second-order valence-corrected chi connectivity index (χ2v) is 28.3. The van der Waals surface area contributed by atoms with Crippen LogP contribution < -0.4 is 37.6 Å². The number of fused-ring (bicyclic) bond motifs is 1. The molecule has 11 atom stereocenters. The van der Waals surface area contributed by atoms with Crippen molar-refractivity contribution < 1.29 is 93.3 Å². The molecule has 0 radical (unpaired) electrons. The van der Waals surface area contributed by atoms with Crippen molar-refractivity contribution >= 4 is 98.0 Å². The second-order valence-electron chi connectivity index (χ2n) is 25.7. The summed E-state index contributed by atoms with van der Waals surface area (Å²) in [6.45, 7) is 2.13. The maximum Gasteiger partial charge on any atom is 0.328 e. The summed E-state index contributed by atoms with van der Waals surface area (Å²) in [5.41, 5.74) is 8.58. The van der Waals surface area contributed by atoms with Crippen LogP contribution in [0.5, 0.6) is 5.75 Å². The smallest absolute Gasteiger partial charge is 0.328 e. The van der Waals surface area contributed by atoms with Gasteiger partial charge in [-0.3, -0.25) is 72.3 Å². The lowest BCUT2D eigenvalue weighted by molar-refractivity contribution is -0.145. The summed E-state index contributed by atoms with van der Waals surface area (Å²) in [6, 6.07) is 14.2. The van der Waals surface area contributed by atoms with E-state index in [1.165, 1.54) is 31.2 Å². The molecule has 0 bridgehead atoms. The van der Waals surface area contributed by atoms with E-state index in [9.17, 15) is 74.1 Å². The number of aliphatic carboxylic acids is 4. The van der Waals surface area contributed by atoms with Gasteiger partial charge in [0.05, 0.1) is 62.3 Å². The summed E-state index contributed by atoms with van der Waals surface area (Å²) >= 11 is 0. The third-order valence-electron chi connectivity index (χ3n) is 17.8. The number of aliphatic hydroxyl groups is 2. The zero-order valence-corrected chi connectivity index (χ0v) is 57.9. The molecule has 0 spiro atoms. The number of Topliss-reactive ketones (excluding diaryl/α,β-unsaturated/α-hetero) is 3. The Balaban J connectivity index is 1.40. The normalized spacial score (nSPS) is 23.2. The summed E-state index contributed by atoms with van der Waals surface area (Å²) in [6.07, 6.45) is -4.61. The first-order chi connectivity index (χ1) is 47.7. The topological polar surface area (TPSA) is 458 Å². The van der Waals surface area contributed by atoms with Gasteiger partial charge in [0.1, 0.15) is 17.8 Å². The molecule has 0 aromatic heterocycles. The van der Waals surface area contributed by atoms with E-state index in [0.717, 1.165) is 39.8 Å². The van der Waals surface area contributed by atoms with Crippen molar-refractivity contribution in [2.75, 3.05) is 108 Å². The first-order valence-corrected chi connectivity index (χ1v) is 36.0. The molecular weight excluding hydrogens is 1340 g/mol. The molecule has 548 valence electrons. The van der Waals surface area contributed by atoms with E-state index in [4.69, 9.17) is 5.73 Å². The van der Waals surface area contributed by atoms with Crippen molar-refractivity contribution in [3.05, 3.63) is 95.6 Å². The molecule has 30 nitrogen and oxygen atoms in total. The number of carboxylic acid groups (broad SMARTS) is 4. The predicted octanol–water partition coefficient (Wildman–Crippen LogP) is -0.227. The lowest BCUT2D eigenvalue weighted by Gasteiger charge is -2.33. The van der Waals surface area contributed by atoms with Crippen LogP contribution in [0.2, 0.25) is 0 Å². The highest BCUT2D eigenvalue weighted by molar-refractivity contribution is 8.76. The SMILES string of the molecule is C[C@@H](O)C(NC(=O)C1CSSCC(CC(=O)C(Cc2ccccc2)NC(=O)CN2CCN(CC(=O)O)CCN(CC(=O)O)CCN(CC(=O)O)CC2)C(=O)N[C@@H](Cc2ccc(O)cc2)C(=O)CC(CC2CNc3ccccc32)C(=O)N[C@@H](CCCCN)C(=O)NC([C@@H](C)O)C(=O)C1)C(=O)O. The monoisotopic (exact) mass is 1430 g/mol. The molecule has 7 unspecified atom stereocenters. The molecule has 3 aliphatic heterocycles. The number of amides is 5. The third kappa shape index (κ3) is 27.1. The number of phenols is 1. The van der Waals surface area contributed by atoms with E-state index in [2.05, 4.69) is 31.9 Å². The molecule has 3 heterocycles. The highest BCUT2D eigenvalue weighted by Crippen LogP contribution is 2.37. The number of rotatable bonds is 27. The van der Waals surface area contributed by atoms with Crippen molar-refractivity contribution in [1.29, 1.82) is 0 Å². The molecule has 15 N–H and O–H groups in total. The average molecular weight is 1430 g/mol.